The number of halogens is 1. The Morgan fingerprint density at radius 2 is 1.93 bits per heavy atom. The minimum Gasteiger partial charge on any atom is -0.289 e. The van der Waals surface area contributed by atoms with Gasteiger partial charge in [0.15, 0.2) is 0 Å². The molecule has 3 aliphatic heterocycles. The van der Waals surface area contributed by atoms with Gasteiger partial charge < -0.3 is 0 Å². The summed E-state index contributed by atoms with van der Waals surface area (Å²) in [4.78, 5) is 35.4. The number of urea groups is 1. The van der Waals surface area contributed by atoms with Crippen LogP contribution in [0.4, 0.5) is 4.79 Å². The lowest BCUT2D eigenvalue weighted by Crippen LogP contribution is -2.61. The molecule has 2 atom stereocenters. The Hall–Kier alpha value is -2.25. The number of likely N-dealkylation sites (tertiary alicyclic amines) is 1. The Morgan fingerprint density at radius 1 is 1.17 bits per heavy atom. The molecule has 8 heteroatoms. The van der Waals surface area contributed by atoms with Gasteiger partial charge in [-0.2, -0.15) is 0 Å². The lowest BCUT2D eigenvalue weighted by molar-refractivity contribution is -0.552. The molecule has 0 radical (unpaired) electrons. The van der Waals surface area contributed by atoms with Gasteiger partial charge in [0, 0.05) is 30.7 Å². The van der Waals surface area contributed by atoms with Crippen LogP contribution in [0.25, 0.3) is 0 Å². The number of aliphatic imine (C=N–C) groups is 1. The number of amides is 3. The van der Waals surface area contributed by atoms with Gasteiger partial charge >= 0.3 is 11.9 Å². The molecule has 154 valence electrons. The van der Waals surface area contributed by atoms with E-state index in [1.165, 1.54) is 29.7 Å². The van der Waals surface area contributed by atoms with Crippen molar-refractivity contribution in [2.45, 2.75) is 44.8 Å². The predicted molar refractivity (Wildman–Crippen MR) is 112 cm³/mol. The number of carbonyl (C=O) groups excluding carboxylic acids is 2. The molecule has 0 N–H and O–H groups in total. The molecule has 4 rings (SSSR count). The van der Waals surface area contributed by atoms with E-state index < -0.39 is 6.04 Å². The van der Waals surface area contributed by atoms with Crippen molar-refractivity contribution in [2.75, 3.05) is 27.2 Å². The Labute approximate surface area is 176 Å². The number of amidine groups is 2. The molecule has 1 aromatic rings. The number of benzene rings is 1. The summed E-state index contributed by atoms with van der Waals surface area (Å²) < 4.78 is 2.01. The number of nitrogens with zero attached hydrogens (tertiary/aromatic N) is 5. The summed E-state index contributed by atoms with van der Waals surface area (Å²) in [6.07, 6.45) is 3.58. The molecule has 2 unspecified atom stereocenters. The summed E-state index contributed by atoms with van der Waals surface area (Å²) in [5.41, 5.74) is 0.935. The number of fused-ring (bicyclic) bond motifs is 1. The van der Waals surface area contributed by atoms with Crippen molar-refractivity contribution in [3.63, 3.8) is 0 Å². The molecule has 2 fully saturated rings. The molecular formula is C21H27ClN5O2+. The maximum atomic E-state index is 13.0. The first kappa shape index (κ1) is 20.0. The van der Waals surface area contributed by atoms with Crippen molar-refractivity contribution in [2.24, 2.45) is 4.99 Å². The first-order chi connectivity index (χ1) is 13.9. The van der Waals surface area contributed by atoms with Gasteiger partial charge in [0.25, 0.3) is 17.8 Å². The quantitative estimate of drug-likeness (QED) is 0.708. The lowest BCUT2D eigenvalue weighted by Gasteiger charge is -2.32. The molecule has 0 aromatic heterocycles. The van der Waals surface area contributed by atoms with E-state index in [1.54, 1.807) is 7.05 Å². The van der Waals surface area contributed by atoms with Gasteiger partial charge in [0.2, 0.25) is 0 Å². The molecule has 3 aliphatic rings. The van der Waals surface area contributed by atoms with Gasteiger partial charge in [-0.3, -0.25) is 19.5 Å². The molecule has 3 heterocycles. The Bertz CT molecular complexity index is 912. The van der Waals surface area contributed by atoms with Crippen LogP contribution in [0.15, 0.2) is 29.3 Å². The van der Waals surface area contributed by atoms with Crippen molar-refractivity contribution < 1.29 is 14.2 Å². The molecule has 0 spiro atoms. The first-order valence-electron chi connectivity index (χ1n) is 10.1. The summed E-state index contributed by atoms with van der Waals surface area (Å²) in [7, 11) is 3.20. The third-order valence-corrected chi connectivity index (χ3v) is 6.57. The molecular weight excluding hydrogens is 390 g/mol. The van der Waals surface area contributed by atoms with Gasteiger partial charge in [0.1, 0.15) is 13.1 Å². The molecule has 3 amide bonds. The molecule has 0 aliphatic carbocycles. The zero-order chi connectivity index (χ0) is 20.7. The van der Waals surface area contributed by atoms with Crippen molar-refractivity contribution in [1.29, 1.82) is 0 Å². The fraction of sp³-hybridized carbons (Fsp3) is 0.524. The highest BCUT2D eigenvalue weighted by Gasteiger charge is 2.53. The maximum Gasteiger partial charge on any atom is 0.333 e. The second-order valence-electron chi connectivity index (χ2n) is 8.06. The van der Waals surface area contributed by atoms with Crippen LogP contribution >= 0.6 is 11.6 Å². The van der Waals surface area contributed by atoms with Crippen LogP contribution < -0.4 is 0 Å². The van der Waals surface area contributed by atoms with Crippen LogP contribution in [0.3, 0.4) is 0 Å². The normalized spacial score (nSPS) is 25.6. The highest BCUT2D eigenvalue weighted by molar-refractivity contribution is 6.31. The summed E-state index contributed by atoms with van der Waals surface area (Å²) in [6, 6.07) is 7.17. The number of rotatable bonds is 4. The molecule has 0 bridgehead atoms. The van der Waals surface area contributed by atoms with Gasteiger partial charge in [0.05, 0.1) is 0 Å². The smallest absolute Gasteiger partial charge is 0.289 e. The van der Waals surface area contributed by atoms with E-state index in [4.69, 9.17) is 16.6 Å². The van der Waals surface area contributed by atoms with Crippen molar-refractivity contribution in [1.82, 2.24) is 14.7 Å². The number of hydrogen-bond donors (Lipinski definition) is 0. The van der Waals surface area contributed by atoms with Crippen molar-refractivity contribution in [3.8, 4) is 0 Å². The summed E-state index contributed by atoms with van der Waals surface area (Å²) in [5.74, 6) is 1.08. The summed E-state index contributed by atoms with van der Waals surface area (Å²) >= 11 is 6.41. The fourth-order valence-electron chi connectivity index (χ4n) is 4.34. The summed E-state index contributed by atoms with van der Waals surface area (Å²) in [6.45, 7) is 4.38. The van der Waals surface area contributed by atoms with Gasteiger partial charge in [-0.05, 0) is 37.4 Å². The minimum absolute atomic E-state index is 0.249. The van der Waals surface area contributed by atoms with Gasteiger partial charge in [-0.1, -0.05) is 36.2 Å². The standard InChI is InChI=1S/C21H27ClN5O2/c1-14-8-6-7-11-26(14)13-17-23-19-18(20(28)25(3)21(29)24(19)2)27(17)12-15-9-4-5-10-16(15)22/h4-5,9-10,14,18H,6-8,11-13H2,1-3H3/q+1. The van der Waals surface area contributed by atoms with E-state index in [0.717, 1.165) is 24.4 Å². The van der Waals surface area contributed by atoms with Crippen LogP contribution in [0.1, 0.15) is 31.7 Å². The Balaban J connectivity index is 1.73. The average Bonchev–Trinajstić information content (AvgIpc) is 3.06. The van der Waals surface area contributed by atoms with E-state index in [-0.39, 0.29) is 11.9 Å². The number of likely N-dealkylation sites (N-methyl/N-ethyl adjacent to an activating group) is 2. The van der Waals surface area contributed by atoms with Crippen LogP contribution in [0.2, 0.25) is 5.02 Å². The van der Waals surface area contributed by atoms with Crippen LogP contribution in [-0.4, -0.2) is 82.2 Å². The largest absolute Gasteiger partial charge is 0.333 e. The fourth-order valence-corrected chi connectivity index (χ4v) is 4.54. The maximum absolute atomic E-state index is 13.0. The minimum atomic E-state index is -0.603. The monoisotopic (exact) mass is 416 g/mol. The van der Waals surface area contributed by atoms with Crippen molar-refractivity contribution >= 4 is 35.2 Å². The topological polar surface area (TPSA) is 59.2 Å². The van der Waals surface area contributed by atoms with Crippen LogP contribution in [-0.2, 0) is 11.3 Å². The van der Waals surface area contributed by atoms with E-state index in [2.05, 4.69) is 11.8 Å². The van der Waals surface area contributed by atoms with Gasteiger partial charge in [-0.15, -0.1) is 0 Å². The van der Waals surface area contributed by atoms with Crippen LogP contribution in [0.5, 0.6) is 0 Å². The van der Waals surface area contributed by atoms with E-state index in [9.17, 15) is 9.59 Å². The molecule has 7 nitrogen and oxygen atoms in total. The van der Waals surface area contributed by atoms with Crippen molar-refractivity contribution in [3.05, 3.63) is 34.9 Å². The zero-order valence-electron chi connectivity index (χ0n) is 17.1. The van der Waals surface area contributed by atoms with E-state index >= 15 is 0 Å². The predicted octanol–water partition coefficient (Wildman–Crippen LogP) is 2.43. The van der Waals surface area contributed by atoms with Crippen LogP contribution in [0, 0.1) is 0 Å². The van der Waals surface area contributed by atoms with E-state index in [1.807, 2.05) is 28.8 Å². The average molecular weight is 417 g/mol. The highest BCUT2D eigenvalue weighted by atomic mass is 35.5. The second kappa shape index (κ2) is 7.88. The third-order valence-electron chi connectivity index (χ3n) is 6.20. The first-order valence-corrected chi connectivity index (χ1v) is 10.5. The molecule has 0 saturated carbocycles. The third kappa shape index (κ3) is 3.57. The Morgan fingerprint density at radius 3 is 2.66 bits per heavy atom. The zero-order valence-corrected chi connectivity index (χ0v) is 17.9. The number of imide groups is 1. The molecule has 2 saturated heterocycles. The van der Waals surface area contributed by atoms with E-state index in [0.29, 0.717) is 30.0 Å². The Kier molecular flexibility index (Phi) is 5.44. The number of piperidine rings is 1. The number of carbonyl (C=O) groups is 2. The second-order valence-corrected chi connectivity index (χ2v) is 8.47. The van der Waals surface area contributed by atoms with Gasteiger partial charge in [-0.25, -0.2) is 9.37 Å². The SMILES string of the molecule is CC1CCCCN1CC1=[N+](Cc2ccccc2Cl)C2C(=O)N(C)C(=O)N(C)C2=N1. The number of hydrogen-bond acceptors (Lipinski definition) is 4. The molecule has 29 heavy (non-hydrogen) atoms. The molecule has 1 aromatic carbocycles. The lowest BCUT2D eigenvalue weighted by atomic mass is 10.0. The summed E-state index contributed by atoms with van der Waals surface area (Å²) in [5, 5.41) is 0.660. The highest BCUT2D eigenvalue weighted by Crippen LogP contribution is 2.24.